The summed E-state index contributed by atoms with van der Waals surface area (Å²) < 4.78 is 5.20. The molecule has 2 aromatic carbocycles. The Kier molecular flexibility index (Phi) is 5.48. The SMILES string of the molecule is Nc1cccc(CCC(=O)OCc2c(Cl)cccc2Cl)c1. The number of anilines is 1. The van der Waals surface area contributed by atoms with E-state index >= 15 is 0 Å². The first-order chi connectivity index (χ1) is 10.1. The summed E-state index contributed by atoms with van der Waals surface area (Å²) >= 11 is 12.0. The monoisotopic (exact) mass is 323 g/mol. The Bertz CT molecular complexity index is 624. The summed E-state index contributed by atoms with van der Waals surface area (Å²) in [6.45, 7) is 0.0776. The third-order valence-corrected chi connectivity index (χ3v) is 3.72. The first-order valence-electron chi connectivity index (χ1n) is 6.49. The number of hydrogen-bond donors (Lipinski definition) is 1. The first kappa shape index (κ1) is 15.7. The van der Waals surface area contributed by atoms with Crippen LogP contribution >= 0.6 is 23.2 Å². The number of rotatable bonds is 5. The van der Waals surface area contributed by atoms with Gasteiger partial charge in [0.1, 0.15) is 6.61 Å². The van der Waals surface area contributed by atoms with Crippen molar-refractivity contribution in [3.05, 3.63) is 63.6 Å². The van der Waals surface area contributed by atoms with E-state index in [2.05, 4.69) is 0 Å². The van der Waals surface area contributed by atoms with E-state index in [-0.39, 0.29) is 19.0 Å². The predicted octanol–water partition coefficient (Wildman–Crippen LogP) is 4.25. The van der Waals surface area contributed by atoms with Crippen molar-refractivity contribution < 1.29 is 9.53 Å². The molecule has 0 aromatic heterocycles. The highest BCUT2D eigenvalue weighted by atomic mass is 35.5. The highest BCUT2D eigenvalue weighted by Crippen LogP contribution is 2.25. The second-order valence-corrected chi connectivity index (χ2v) is 5.42. The molecule has 3 nitrogen and oxygen atoms in total. The van der Waals surface area contributed by atoms with Crippen LogP contribution in [0.15, 0.2) is 42.5 Å². The minimum absolute atomic E-state index is 0.0776. The Hall–Kier alpha value is -1.71. The fourth-order valence-corrected chi connectivity index (χ4v) is 2.40. The van der Waals surface area contributed by atoms with Gasteiger partial charge in [0, 0.05) is 27.7 Å². The molecule has 0 bridgehead atoms. The molecule has 0 heterocycles. The molecule has 0 unspecified atom stereocenters. The molecule has 2 rings (SSSR count). The van der Waals surface area contributed by atoms with Gasteiger partial charge in [0.15, 0.2) is 0 Å². The van der Waals surface area contributed by atoms with Crippen LogP contribution in [0.2, 0.25) is 10.0 Å². The molecule has 110 valence electrons. The van der Waals surface area contributed by atoms with E-state index in [0.717, 1.165) is 5.56 Å². The molecule has 0 radical (unpaired) electrons. The van der Waals surface area contributed by atoms with Gasteiger partial charge in [-0.05, 0) is 36.2 Å². The lowest BCUT2D eigenvalue weighted by molar-refractivity contribution is -0.144. The van der Waals surface area contributed by atoms with Crippen molar-refractivity contribution in [3.63, 3.8) is 0 Å². The van der Waals surface area contributed by atoms with Crippen molar-refractivity contribution in [2.45, 2.75) is 19.4 Å². The van der Waals surface area contributed by atoms with Crippen LogP contribution in [-0.2, 0) is 22.6 Å². The van der Waals surface area contributed by atoms with Crippen LogP contribution in [0, 0.1) is 0 Å². The summed E-state index contributed by atoms with van der Waals surface area (Å²) in [6.07, 6.45) is 0.867. The molecule has 0 spiro atoms. The Balaban J connectivity index is 1.85. The van der Waals surface area contributed by atoms with E-state index in [4.69, 9.17) is 33.7 Å². The number of esters is 1. The number of aryl methyl sites for hydroxylation is 1. The number of carbonyl (C=O) groups excluding carboxylic acids is 1. The van der Waals surface area contributed by atoms with E-state index < -0.39 is 0 Å². The summed E-state index contributed by atoms with van der Waals surface area (Å²) in [6, 6.07) is 12.6. The van der Waals surface area contributed by atoms with Crippen molar-refractivity contribution in [2.24, 2.45) is 0 Å². The van der Waals surface area contributed by atoms with Gasteiger partial charge in [-0.25, -0.2) is 0 Å². The highest BCUT2D eigenvalue weighted by molar-refractivity contribution is 6.35. The summed E-state index contributed by atoms with van der Waals surface area (Å²) in [5, 5.41) is 0.984. The van der Waals surface area contributed by atoms with E-state index in [1.165, 1.54) is 0 Å². The fourth-order valence-electron chi connectivity index (χ4n) is 1.89. The van der Waals surface area contributed by atoms with Crippen molar-refractivity contribution in [1.82, 2.24) is 0 Å². The first-order valence-corrected chi connectivity index (χ1v) is 7.25. The van der Waals surface area contributed by atoms with Gasteiger partial charge in [-0.1, -0.05) is 41.4 Å². The molecular formula is C16H15Cl2NO2. The molecule has 2 N–H and O–H groups in total. The summed E-state index contributed by atoms with van der Waals surface area (Å²) in [7, 11) is 0. The lowest BCUT2D eigenvalue weighted by Gasteiger charge is -2.08. The molecule has 0 atom stereocenters. The maximum Gasteiger partial charge on any atom is 0.306 e. The minimum atomic E-state index is -0.298. The normalized spacial score (nSPS) is 10.4. The minimum Gasteiger partial charge on any atom is -0.461 e. The molecule has 0 amide bonds. The molecule has 0 fully saturated rings. The van der Waals surface area contributed by atoms with Gasteiger partial charge in [0.2, 0.25) is 0 Å². The molecule has 21 heavy (non-hydrogen) atoms. The van der Waals surface area contributed by atoms with Crippen molar-refractivity contribution in [2.75, 3.05) is 5.73 Å². The van der Waals surface area contributed by atoms with Gasteiger partial charge < -0.3 is 10.5 Å². The van der Waals surface area contributed by atoms with Gasteiger partial charge in [-0.15, -0.1) is 0 Å². The zero-order chi connectivity index (χ0) is 15.2. The number of ether oxygens (including phenoxy) is 1. The molecule has 0 aliphatic rings. The Morgan fingerprint density at radius 1 is 1.10 bits per heavy atom. The van der Waals surface area contributed by atoms with E-state index in [1.54, 1.807) is 24.3 Å². The standard InChI is InChI=1S/C16H15Cl2NO2/c17-14-5-2-6-15(18)13(14)10-21-16(20)8-7-11-3-1-4-12(19)9-11/h1-6,9H,7-8,10,19H2. The summed E-state index contributed by atoms with van der Waals surface area (Å²) in [5.41, 5.74) is 8.00. The average Bonchev–Trinajstić information content (AvgIpc) is 2.45. The lowest BCUT2D eigenvalue weighted by Crippen LogP contribution is -2.06. The van der Waals surface area contributed by atoms with Crippen LogP contribution in [0.3, 0.4) is 0 Å². The second kappa shape index (κ2) is 7.34. The molecule has 0 saturated heterocycles. The lowest BCUT2D eigenvalue weighted by atomic mass is 10.1. The van der Waals surface area contributed by atoms with E-state index in [9.17, 15) is 4.79 Å². The molecule has 0 aliphatic carbocycles. The maximum atomic E-state index is 11.8. The maximum absolute atomic E-state index is 11.8. The predicted molar refractivity (Wildman–Crippen MR) is 85.4 cm³/mol. The largest absolute Gasteiger partial charge is 0.461 e. The molecule has 5 heteroatoms. The molecule has 2 aromatic rings. The van der Waals surface area contributed by atoms with Gasteiger partial charge >= 0.3 is 5.97 Å². The van der Waals surface area contributed by atoms with Crippen LogP contribution in [0.5, 0.6) is 0 Å². The van der Waals surface area contributed by atoms with Crippen molar-refractivity contribution >= 4 is 34.9 Å². The molecule has 0 saturated carbocycles. The van der Waals surface area contributed by atoms with Gasteiger partial charge in [0.25, 0.3) is 0 Å². The number of benzene rings is 2. The zero-order valence-corrected chi connectivity index (χ0v) is 12.8. The average molecular weight is 324 g/mol. The summed E-state index contributed by atoms with van der Waals surface area (Å²) in [5.74, 6) is -0.298. The Morgan fingerprint density at radius 2 is 1.76 bits per heavy atom. The number of nitrogen functional groups attached to an aromatic ring is 1. The third kappa shape index (κ3) is 4.66. The number of halogens is 2. The van der Waals surface area contributed by atoms with Gasteiger partial charge in [0.05, 0.1) is 0 Å². The Labute approximate surface area is 133 Å². The molecule has 0 aliphatic heterocycles. The van der Waals surface area contributed by atoms with Crippen molar-refractivity contribution in [3.8, 4) is 0 Å². The zero-order valence-electron chi connectivity index (χ0n) is 11.3. The topological polar surface area (TPSA) is 52.3 Å². The van der Waals surface area contributed by atoms with Crippen LogP contribution in [-0.4, -0.2) is 5.97 Å². The van der Waals surface area contributed by atoms with Crippen LogP contribution < -0.4 is 5.73 Å². The quantitative estimate of drug-likeness (QED) is 0.661. The summed E-state index contributed by atoms with van der Waals surface area (Å²) in [4.78, 5) is 11.8. The number of carbonyl (C=O) groups is 1. The number of hydrogen-bond acceptors (Lipinski definition) is 3. The van der Waals surface area contributed by atoms with Crippen LogP contribution in [0.4, 0.5) is 5.69 Å². The third-order valence-electron chi connectivity index (χ3n) is 3.01. The van der Waals surface area contributed by atoms with Gasteiger partial charge in [-0.3, -0.25) is 4.79 Å². The van der Waals surface area contributed by atoms with E-state index in [0.29, 0.717) is 27.7 Å². The molecular weight excluding hydrogens is 309 g/mol. The second-order valence-electron chi connectivity index (χ2n) is 4.61. The van der Waals surface area contributed by atoms with E-state index in [1.807, 2.05) is 18.2 Å². The fraction of sp³-hybridized carbons (Fsp3) is 0.188. The van der Waals surface area contributed by atoms with Crippen LogP contribution in [0.25, 0.3) is 0 Å². The Morgan fingerprint density at radius 3 is 2.43 bits per heavy atom. The van der Waals surface area contributed by atoms with Gasteiger partial charge in [-0.2, -0.15) is 0 Å². The highest BCUT2D eigenvalue weighted by Gasteiger charge is 2.09. The van der Waals surface area contributed by atoms with Crippen molar-refractivity contribution in [1.29, 1.82) is 0 Å². The smallest absolute Gasteiger partial charge is 0.306 e. The van der Waals surface area contributed by atoms with Crippen LogP contribution in [0.1, 0.15) is 17.5 Å². The number of nitrogens with two attached hydrogens (primary N) is 1.